The molecular weight excluding hydrogens is 430 g/mol. The standard InChI is InChI=1S/C23H29N3O5S/c1-7-10-31-16-9-8-15(11-17(16)29-5)14(3)24-21(27)20-13(2)19-22(30-6)25-18(12-28-4)26-23(19)32-20/h8-9,11,14H,7,10,12H2,1-6H3,(H,24,27). The molecule has 9 heteroatoms. The summed E-state index contributed by atoms with van der Waals surface area (Å²) in [6.45, 7) is 6.74. The number of hydrogen-bond acceptors (Lipinski definition) is 8. The number of fused-ring (bicyclic) bond motifs is 1. The quantitative estimate of drug-likeness (QED) is 0.479. The van der Waals surface area contributed by atoms with Crippen molar-refractivity contribution in [3.63, 3.8) is 0 Å². The Morgan fingerprint density at radius 3 is 2.59 bits per heavy atom. The minimum atomic E-state index is -0.238. The number of carbonyl (C=O) groups is 1. The molecule has 2 heterocycles. The highest BCUT2D eigenvalue weighted by Gasteiger charge is 2.23. The second-order valence-corrected chi connectivity index (χ2v) is 8.27. The van der Waals surface area contributed by atoms with Crippen LogP contribution in [0.4, 0.5) is 0 Å². The zero-order chi connectivity index (χ0) is 23.3. The molecule has 0 aliphatic carbocycles. The lowest BCUT2D eigenvalue weighted by Gasteiger charge is -2.17. The van der Waals surface area contributed by atoms with Crippen LogP contribution in [-0.2, 0) is 11.3 Å². The number of hydrogen-bond donors (Lipinski definition) is 1. The molecule has 8 nitrogen and oxygen atoms in total. The molecule has 3 rings (SSSR count). The van der Waals surface area contributed by atoms with E-state index >= 15 is 0 Å². The lowest BCUT2D eigenvalue weighted by molar-refractivity contribution is 0.0943. The van der Waals surface area contributed by atoms with E-state index in [-0.39, 0.29) is 18.6 Å². The number of nitrogens with zero attached hydrogens (tertiary/aromatic N) is 2. The van der Waals surface area contributed by atoms with Crippen LogP contribution >= 0.6 is 11.3 Å². The zero-order valence-electron chi connectivity index (χ0n) is 19.3. The summed E-state index contributed by atoms with van der Waals surface area (Å²) in [7, 11) is 4.74. The molecule has 1 aromatic carbocycles. The number of aryl methyl sites for hydroxylation is 1. The first-order chi connectivity index (χ1) is 15.4. The molecule has 2 aromatic heterocycles. The molecule has 1 unspecified atom stereocenters. The fraction of sp³-hybridized carbons (Fsp3) is 0.435. The molecule has 3 aromatic rings. The van der Waals surface area contributed by atoms with E-state index in [1.54, 1.807) is 21.3 Å². The molecule has 1 N–H and O–H groups in total. The maximum Gasteiger partial charge on any atom is 0.262 e. The molecule has 172 valence electrons. The van der Waals surface area contributed by atoms with Crippen LogP contribution in [0.1, 0.15) is 52.9 Å². The van der Waals surface area contributed by atoms with E-state index in [0.717, 1.165) is 22.9 Å². The predicted molar refractivity (Wildman–Crippen MR) is 124 cm³/mol. The molecule has 0 fully saturated rings. The van der Waals surface area contributed by atoms with Crippen LogP contribution in [0.15, 0.2) is 18.2 Å². The number of nitrogens with one attached hydrogen (secondary N) is 1. The molecule has 0 bridgehead atoms. The van der Waals surface area contributed by atoms with Gasteiger partial charge in [0.15, 0.2) is 17.3 Å². The molecule has 1 amide bonds. The van der Waals surface area contributed by atoms with E-state index in [0.29, 0.717) is 39.5 Å². The summed E-state index contributed by atoms with van der Waals surface area (Å²) in [5.74, 6) is 2.10. The van der Waals surface area contributed by atoms with E-state index in [9.17, 15) is 4.79 Å². The van der Waals surface area contributed by atoms with Crippen LogP contribution in [0.3, 0.4) is 0 Å². The Bertz CT molecular complexity index is 1100. The van der Waals surface area contributed by atoms with Crippen LogP contribution in [0.2, 0.25) is 0 Å². The van der Waals surface area contributed by atoms with Gasteiger partial charge in [0.05, 0.1) is 37.1 Å². The largest absolute Gasteiger partial charge is 0.493 e. The summed E-state index contributed by atoms with van der Waals surface area (Å²) in [4.78, 5) is 23.3. The van der Waals surface area contributed by atoms with Gasteiger partial charge in [0.25, 0.3) is 5.91 Å². The van der Waals surface area contributed by atoms with Gasteiger partial charge in [0.2, 0.25) is 5.88 Å². The molecule has 0 aliphatic heterocycles. The van der Waals surface area contributed by atoms with E-state index < -0.39 is 0 Å². The lowest BCUT2D eigenvalue weighted by atomic mass is 10.1. The number of amides is 1. The van der Waals surface area contributed by atoms with Crippen molar-refractivity contribution < 1.29 is 23.7 Å². The number of aromatic nitrogens is 2. The number of thiophene rings is 1. The van der Waals surface area contributed by atoms with Gasteiger partial charge >= 0.3 is 0 Å². The fourth-order valence-corrected chi connectivity index (χ4v) is 4.43. The van der Waals surface area contributed by atoms with Crippen molar-refractivity contribution in [3.8, 4) is 17.4 Å². The van der Waals surface area contributed by atoms with Crippen molar-refractivity contribution in [1.82, 2.24) is 15.3 Å². The van der Waals surface area contributed by atoms with Crippen molar-refractivity contribution in [1.29, 1.82) is 0 Å². The molecule has 1 atom stereocenters. The number of benzene rings is 1. The molecule has 0 saturated heterocycles. The Balaban J connectivity index is 1.85. The Morgan fingerprint density at radius 1 is 1.16 bits per heavy atom. The van der Waals surface area contributed by atoms with Gasteiger partial charge in [-0.25, -0.2) is 4.98 Å². The number of carbonyl (C=O) groups excluding carboxylic acids is 1. The second kappa shape index (κ2) is 10.6. The van der Waals surface area contributed by atoms with Gasteiger partial charge in [0, 0.05) is 7.11 Å². The molecule has 0 aliphatic rings. The summed E-state index contributed by atoms with van der Waals surface area (Å²) in [5.41, 5.74) is 1.70. The monoisotopic (exact) mass is 459 g/mol. The second-order valence-electron chi connectivity index (χ2n) is 7.27. The summed E-state index contributed by atoms with van der Waals surface area (Å²) in [6.07, 6.45) is 0.911. The van der Waals surface area contributed by atoms with E-state index in [1.165, 1.54) is 11.3 Å². The maximum absolute atomic E-state index is 13.1. The fourth-order valence-electron chi connectivity index (χ4n) is 3.33. The molecular formula is C23H29N3O5S. The Hall–Kier alpha value is -2.91. The van der Waals surface area contributed by atoms with E-state index in [2.05, 4.69) is 15.3 Å². The Labute approximate surface area is 191 Å². The average Bonchev–Trinajstić information content (AvgIpc) is 3.13. The third-order valence-electron chi connectivity index (χ3n) is 4.97. The van der Waals surface area contributed by atoms with Gasteiger partial charge in [-0.1, -0.05) is 13.0 Å². The van der Waals surface area contributed by atoms with E-state index in [1.807, 2.05) is 39.0 Å². The maximum atomic E-state index is 13.1. The first-order valence-corrected chi connectivity index (χ1v) is 11.2. The highest BCUT2D eigenvalue weighted by Crippen LogP contribution is 2.36. The molecule has 0 radical (unpaired) electrons. The van der Waals surface area contributed by atoms with Crippen LogP contribution in [0, 0.1) is 6.92 Å². The number of methoxy groups -OCH3 is 3. The number of ether oxygens (including phenoxy) is 4. The third kappa shape index (κ3) is 4.94. The first kappa shape index (κ1) is 23.7. The first-order valence-electron chi connectivity index (χ1n) is 10.4. The highest BCUT2D eigenvalue weighted by molar-refractivity contribution is 7.20. The topological polar surface area (TPSA) is 91.8 Å². The predicted octanol–water partition coefficient (Wildman–Crippen LogP) is 4.44. The van der Waals surface area contributed by atoms with Crippen LogP contribution < -0.4 is 19.5 Å². The Morgan fingerprint density at radius 2 is 1.94 bits per heavy atom. The van der Waals surface area contributed by atoms with Crippen LogP contribution in [0.5, 0.6) is 17.4 Å². The van der Waals surface area contributed by atoms with E-state index in [4.69, 9.17) is 18.9 Å². The normalized spacial score (nSPS) is 11.9. The minimum absolute atomic E-state index is 0.182. The van der Waals surface area contributed by atoms with Crippen LogP contribution in [0.25, 0.3) is 10.2 Å². The molecule has 0 spiro atoms. The summed E-state index contributed by atoms with van der Waals surface area (Å²) >= 11 is 1.31. The summed E-state index contributed by atoms with van der Waals surface area (Å²) in [5, 5.41) is 3.81. The van der Waals surface area contributed by atoms with Crippen molar-refractivity contribution in [2.24, 2.45) is 0 Å². The minimum Gasteiger partial charge on any atom is -0.493 e. The smallest absolute Gasteiger partial charge is 0.262 e. The zero-order valence-corrected chi connectivity index (χ0v) is 20.1. The lowest BCUT2D eigenvalue weighted by Crippen LogP contribution is -2.26. The van der Waals surface area contributed by atoms with Gasteiger partial charge < -0.3 is 24.3 Å². The van der Waals surface area contributed by atoms with Crippen molar-refractivity contribution in [2.45, 2.75) is 39.8 Å². The third-order valence-corrected chi connectivity index (χ3v) is 6.16. The van der Waals surface area contributed by atoms with Gasteiger partial charge in [-0.2, -0.15) is 4.98 Å². The average molecular weight is 460 g/mol. The van der Waals surface area contributed by atoms with Gasteiger partial charge in [-0.05, 0) is 43.5 Å². The SMILES string of the molecule is CCCOc1ccc(C(C)NC(=O)c2sc3nc(COC)nc(OC)c3c2C)cc1OC. The van der Waals surface area contributed by atoms with Gasteiger partial charge in [0.1, 0.15) is 11.4 Å². The number of rotatable bonds is 10. The molecule has 0 saturated carbocycles. The van der Waals surface area contributed by atoms with Gasteiger partial charge in [-0.3, -0.25) is 4.79 Å². The Kier molecular flexibility index (Phi) is 7.87. The van der Waals surface area contributed by atoms with Gasteiger partial charge in [-0.15, -0.1) is 11.3 Å². The van der Waals surface area contributed by atoms with Crippen LogP contribution in [-0.4, -0.2) is 43.8 Å². The highest BCUT2D eigenvalue weighted by atomic mass is 32.1. The summed E-state index contributed by atoms with van der Waals surface area (Å²) < 4.78 is 21.8. The van der Waals surface area contributed by atoms with Crippen molar-refractivity contribution in [2.75, 3.05) is 27.9 Å². The molecule has 32 heavy (non-hydrogen) atoms. The summed E-state index contributed by atoms with van der Waals surface area (Å²) in [6, 6.07) is 5.45. The van der Waals surface area contributed by atoms with Crippen molar-refractivity contribution in [3.05, 3.63) is 40.0 Å². The van der Waals surface area contributed by atoms with Crippen molar-refractivity contribution >= 4 is 27.5 Å².